The van der Waals surface area contributed by atoms with E-state index in [4.69, 9.17) is 16.3 Å². The highest BCUT2D eigenvalue weighted by molar-refractivity contribution is 6.32. The number of non-ortho nitro benzene ring substituents is 1. The van der Waals surface area contributed by atoms with Gasteiger partial charge in [0.05, 0.1) is 15.5 Å². The van der Waals surface area contributed by atoms with Crippen LogP contribution >= 0.6 is 11.6 Å². The van der Waals surface area contributed by atoms with Gasteiger partial charge < -0.3 is 4.74 Å². The number of halogens is 1. The zero-order valence-electron chi connectivity index (χ0n) is 15.2. The van der Waals surface area contributed by atoms with E-state index in [1.807, 2.05) is 24.3 Å². The highest BCUT2D eigenvalue weighted by Gasteiger charge is 2.13. The van der Waals surface area contributed by atoms with Crippen LogP contribution < -0.4 is 4.74 Å². The molecule has 0 amide bonds. The van der Waals surface area contributed by atoms with Crippen molar-refractivity contribution >= 4 is 33.8 Å². The van der Waals surface area contributed by atoms with Crippen LogP contribution in [0.3, 0.4) is 0 Å². The number of nitro benzene ring substituents is 1. The Hall–Kier alpha value is -4.05. The Morgan fingerprint density at radius 2 is 2.00 bits per heavy atom. The minimum atomic E-state index is -0.518. The van der Waals surface area contributed by atoms with E-state index in [9.17, 15) is 10.1 Å². The molecule has 30 heavy (non-hydrogen) atoms. The minimum absolute atomic E-state index is 0.0649. The van der Waals surface area contributed by atoms with Crippen LogP contribution in [0, 0.1) is 10.1 Å². The van der Waals surface area contributed by atoms with Gasteiger partial charge in [0.1, 0.15) is 17.8 Å². The Balaban J connectivity index is 1.38. The first-order chi connectivity index (χ1) is 14.6. The molecule has 0 aliphatic rings. The van der Waals surface area contributed by atoms with Crippen molar-refractivity contribution in [1.82, 2.24) is 29.4 Å². The first kappa shape index (κ1) is 18.0. The molecular formula is C19H12ClN7O3. The Bertz CT molecular complexity index is 1410. The number of rotatable bonds is 5. The molecule has 0 aliphatic carbocycles. The monoisotopic (exact) mass is 421 g/mol. The predicted octanol–water partition coefficient (Wildman–Crippen LogP) is 3.74. The molecule has 0 aliphatic heterocycles. The Morgan fingerprint density at radius 1 is 1.13 bits per heavy atom. The third-order valence-electron chi connectivity index (χ3n) is 4.43. The minimum Gasteiger partial charge on any atom is -0.470 e. The average molecular weight is 422 g/mol. The second-order valence-corrected chi connectivity index (χ2v) is 6.76. The van der Waals surface area contributed by atoms with Crippen LogP contribution in [-0.4, -0.2) is 34.3 Å². The highest BCUT2D eigenvalue weighted by atomic mass is 35.5. The molecule has 2 aromatic carbocycles. The summed E-state index contributed by atoms with van der Waals surface area (Å²) in [4.78, 5) is 19.2. The van der Waals surface area contributed by atoms with Crippen LogP contribution in [0.25, 0.3) is 28.1 Å². The van der Waals surface area contributed by atoms with Gasteiger partial charge in [0.15, 0.2) is 12.4 Å². The fraction of sp³-hybridized carbons (Fsp3) is 0.0526. The van der Waals surface area contributed by atoms with Gasteiger partial charge in [-0.2, -0.15) is 5.10 Å². The zero-order valence-corrected chi connectivity index (χ0v) is 16.0. The van der Waals surface area contributed by atoms with E-state index in [1.165, 1.54) is 18.2 Å². The van der Waals surface area contributed by atoms with E-state index in [0.29, 0.717) is 22.9 Å². The average Bonchev–Trinajstić information content (AvgIpc) is 3.39. The number of nitro groups is 1. The van der Waals surface area contributed by atoms with Gasteiger partial charge in [-0.25, -0.2) is 19.2 Å². The Morgan fingerprint density at radius 3 is 2.83 bits per heavy atom. The molecule has 0 atom stereocenters. The van der Waals surface area contributed by atoms with Gasteiger partial charge in [-0.15, -0.1) is 5.10 Å². The molecule has 0 unspecified atom stereocenters. The van der Waals surface area contributed by atoms with E-state index in [2.05, 4.69) is 20.2 Å². The van der Waals surface area contributed by atoms with Gasteiger partial charge in [0.2, 0.25) is 5.82 Å². The number of hydrogen-bond acceptors (Lipinski definition) is 7. The Labute approximate surface area is 173 Å². The first-order valence-electron chi connectivity index (χ1n) is 8.79. The molecular weight excluding hydrogens is 410 g/mol. The first-order valence-corrected chi connectivity index (χ1v) is 9.17. The molecule has 0 saturated carbocycles. The van der Waals surface area contributed by atoms with E-state index in [1.54, 1.807) is 27.8 Å². The number of aromatic nitrogens is 6. The second-order valence-electron chi connectivity index (χ2n) is 6.35. The molecule has 10 nitrogen and oxygen atoms in total. The van der Waals surface area contributed by atoms with Crippen molar-refractivity contribution in [2.45, 2.75) is 6.73 Å². The maximum atomic E-state index is 10.8. The number of benzene rings is 2. The lowest BCUT2D eigenvalue weighted by molar-refractivity contribution is -0.384. The van der Waals surface area contributed by atoms with E-state index in [-0.39, 0.29) is 17.4 Å². The smallest absolute Gasteiger partial charge is 0.271 e. The molecule has 0 saturated heterocycles. The van der Waals surface area contributed by atoms with Gasteiger partial charge in [0, 0.05) is 23.7 Å². The summed E-state index contributed by atoms with van der Waals surface area (Å²) in [6.45, 7) is 0.0649. The molecule has 0 N–H and O–H groups in total. The summed E-state index contributed by atoms with van der Waals surface area (Å²) in [6.07, 6.45) is 3.33. The van der Waals surface area contributed by atoms with Crippen molar-refractivity contribution in [3.8, 4) is 17.3 Å². The summed E-state index contributed by atoms with van der Waals surface area (Å²) in [5, 5.41) is 20.7. The molecule has 5 aromatic rings. The molecule has 0 bridgehead atoms. The lowest BCUT2D eigenvalue weighted by atomic mass is 10.2. The second kappa shape index (κ2) is 7.08. The maximum Gasteiger partial charge on any atom is 0.271 e. The van der Waals surface area contributed by atoms with Crippen LogP contribution in [-0.2, 0) is 6.73 Å². The number of hydrogen-bond donors (Lipinski definition) is 0. The van der Waals surface area contributed by atoms with E-state index < -0.39 is 4.92 Å². The standard InChI is InChI=1S/C19H12ClN7O3/c20-14-9-12(27(28)29)5-6-17(14)30-11-25-8-7-16(23-25)18-22-19-13-3-1-2-4-15(13)21-10-26(19)24-18/h1-10H,11H2. The molecule has 3 heterocycles. The maximum absolute atomic E-state index is 10.8. The molecule has 11 heteroatoms. The largest absolute Gasteiger partial charge is 0.470 e. The summed E-state index contributed by atoms with van der Waals surface area (Å²) in [7, 11) is 0. The van der Waals surface area contributed by atoms with Crippen molar-refractivity contribution < 1.29 is 9.66 Å². The quantitative estimate of drug-likeness (QED) is 0.313. The van der Waals surface area contributed by atoms with Gasteiger partial charge in [-0.3, -0.25) is 10.1 Å². The molecule has 0 fully saturated rings. The normalized spacial score (nSPS) is 11.2. The fourth-order valence-corrected chi connectivity index (χ4v) is 3.23. The van der Waals surface area contributed by atoms with E-state index >= 15 is 0 Å². The molecule has 0 spiro atoms. The summed E-state index contributed by atoms with van der Waals surface area (Å²) in [5.41, 5.74) is 2.00. The van der Waals surface area contributed by atoms with Crippen molar-refractivity contribution in [2.75, 3.05) is 0 Å². The summed E-state index contributed by atoms with van der Waals surface area (Å²) >= 11 is 6.05. The van der Waals surface area contributed by atoms with Gasteiger partial charge >= 0.3 is 0 Å². The fourth-order valence-electron chi connectivity index (χ4n) is 3.00. The third kappa shape index (κ3) is 3.18. The van der Waals surface area contributed by atoms with Crippen molar-refractivity contribution in [2.24, 2.45) is 0 Å². The lowest BCUT2D eigenvalue weighted by Gasteiger charge is -2.07. The van der Waals surface area contributed by atoms with Gasteiger partial charge in [0.25, 0.3) is 5.69 Å². The molecule has 5 rings (SSSR count). The van der Waals surface area contributed by atoms with Crippen LogP contribution in [0.1, 0.15) is 0 Å². The Kier molecular flexibility index (Phi) is 4.25. The van der Waals surface area contributed by atoms with Crippen molar-refractivity contribution in [3.63, 3.8) is 0 Å². The number of fused-ring (bicyclic) bond motifs is 3. The van der Waals surface area contributed by atoms with Crippen LogP contribution in [0.4, 0.5) is 5.69 Å². The highest BCUT2D eigenvalue weighted by Crippen LogP contribution is 2.29. The molecule has 148 valence electrons. The molecule has 3 aromatic heterocycles. The van der Waals surface area contributed by atoms with Crippen molar-refractivity contribution in [3.05, 3.63) is 76.2 Å². The van der Waals surface area contributed by atoms with Crippen LogP contribution in [0.2, 0.25) is 5.02 Å². The van der Waals surface area contributed by atoms with E-state index in [0.717, 1.165) is 10.9 Å². The summed E-state index contributed by atoms with van der Waals surface area (Å²) < 4.78 is 8.78. The van der Waals surface area contributed by atoms with Gasteiger partial charge in [-0.05, 0) is 24.3 Å². The predicted molar refractivity (Wildman–Crippen MR) is 108 cm³/mol. The van der Waals surface area contributed by atoms with Crippen molar-refractivity contribution in [1.29, 1.82) is 0 Å². The zero-order chi connectivity index (χ0) is 20.7. The van der Waals surface area contributed by atoms with Crippen LogP contribution in [0.15, 0.2) is 61.1 Å². The number of para-hydroxylation sites is 1. The number of nitrogens with zero attached hydrogens (tertiary/aromatic N) is 7. The van der Waals surface area contributed by atoms with Crippen LogP contribution in [0.5, 0.6) is 5.75 Å². The lowest BCUT2D eigenvalue weighted by Crippen LogP contribution is -2.06. The summed E-state index contributed by atoms with van der Waals surface area (Å²) in [6, 6.07) is 13.5. The topological polar surface area (TPSA) is 113 Å². The third-order valence-corrected chi connectivity index (χ3v) is 4.73. The molecule has 0 radical (unpaired) electrons. The SMILES string of the molecule is O=[N+]([O-])c1ccc(OCn2ccc(-c3nc4c5ccccc5ncn4n3)n2)c(Cl)c1. The number of ether oxygens (including phenoxy) is 1. The van der Waals surface area contributed by atoms with Gasteiger partial charge in [-0.1, -0.05) is 23.7 Å². The summed E-state index contributed by atoms with van der Waals surface area (Å²) in [5.74, 6) is 0.781.